The Morgan fingerprint density at radius 1 is 1.00 bits per heavy atom. The number of anilines is 1. The van der Waals surface area contributed by atoms with Gasteiger partial charge in [-0.2, -0.15) is 9.30 Å². The molecular weight excluding hydrogens is 508 g/mol. The first-order valence-corrected chi connectivity index (χ1v) is 14.1. The van der Waals surface area contributed by atoms with E-state index >= 15 is 0 Å². The third-order valence-corrected chi connectivity index (χ3v) is 8.79. The van der Waals surface area contributed by atoms with Gasteiger partial charge in [0.25, 0.3) is 5.91 Å². The summed E-state index contributed by atoms with van der Waals surface area (Å²) in [7, 11) is -3.73. The highest BCUT2D eigenvalue weighted by atomic mass is 32.2. The summed E-state index contributed by atoms with van der Waals surface area (Å²) >= 11 is 1.35. The van der Waals surface area contributed by atoms with Gasteiger partial charge in [-0.1, -0.05) is 48.6 Å². The van der Waals surface area contributed by atoms with E-state index in [1.807, 2.05) is 60.0 Å². The van der Waals surface area contributed by atoms with Crippen LogP contribution in [0.2, 0.25) is 0 Å². The van der Waals surface area contributed by atoms with E-state index in [0.717, 1.165) is 15.8 Å². The fourth-order valence-corrected chi connectivity index (χ4v) is 6.54. The quantitative estimate of drug-likeness (QED) is 0.355. The lowest BCUT2D eigenvalue weighted by Crippen LogP contribution is -2.30. The normalized spacial score (nSPS) is 12.3. The first kappa shape index (κ1) is 26.5. The van der Waals surface area contributed by atoms with Crippen molar-refractivity contribution in [1.82, 2.24) is 8.87 Å². The van der Waals surface area contributed by atoms with Crippen molar-refractivity contribution in [3.63, 3.8) is 0 Å². The molecule has 4 rings (SSSR count). The van der Waals surface area contributed by atoms with Crippen molar-refractivity contribution < 1.29 is 18.0 Å². The molecule has 192 valence electrons. The predicted molar refractivity (Wildman–Crippen MR) is 146 cm³/mol. The minimum atomic E-state index is -3.73. The molecule has 0 aliphatic rings. The van der Waals surface area contributed by atoms with Gasteiger partial charge in [-0.3, -0.25) is 9.59 Å². The Hall–Kier alpha value is -3.60. The average molecular weight is 537 g/mol. The SMILES string of the molecule is CCN(Cc1ccccc1)S(=O)(=O)c1ccc(C(=O)N=c2sc3cc(NC(C)=O)ccc3n2CC)cc1. The first-order chi connectivity index (χ1) is 17.7. The van der Waals surface area contributed by atoms with E-state index in [-0.39, 0.29) is 17.3 Å². The van der Waals surface area contributed by atoms with Crippen molar-refractivity contribution in [1.29, 1.82) is 0 Å². The smallest absolute Gasteiger partial charge is 0.279 e. The molecule has 37 heavy (non-hydrogen) atoms. The first-order valence-electron chi connectivity index (χ1n) is 11.9. The van der Waals surface area contributed by atoms with Gasteiger partial charge >= 0.3 is 0 Å². The molecule has 0 atom stereocenters. The molecule has 0 saturated carbocycles. The zero-order valence-electron chi connectivity index (χ0n) is 20.8. The highest BCUT2D eigenvalue weighted by Crippen LogP contribution is 2.23. The molecule has 3 aromatic carbocycles. The number of benzene rings is 3. The monoisotopic (exact) mass is 536 g/mol. The van der Waals surface area contributed by atoms with Crippen LogP contribution in [0.1, 0.15) is 36.7 Å². The molecule has 0 aliphatic heterocycles. The zero-order valence-corrected chi connectivity index (χ0v) is 22.5. The number of carbonyl (C=O) groups excluding carboxylic acids is 2. The number of nitrogens with one attached hydrogen (secondary N) is 1. The Labute approximate surface area is 220 Å². The lowest BCUT2D eigenvalue weighted by Gasteiger charge is -2.20. The van der Waals surface area contributed by atoms with Crippen LogP contribution in [0.4, 0.5) is 5.69 Å². The molecule has 0 aliphatic carbocycles. The van der Waals surface area contributed by atoms with Crippen molar-refractivity contribution >= 4 is 49.1 Å². The number of hydrogen-bond acceptors (Lipinski definition) is 5. The molecule has 0 radical (unpaired) electrons. The van der Waals surface area contributed by atoms with Crippen LogP contribution in [-0.4, -0.2) is 35.6 Å². The second kappa shape index (κ2) is 11.2. The number of fused-ring (bicyclic) bond motifs is 1. The summed E-state index contributed by atoms with van der Waals surface area (Å²) in [5.41, 5.74) is 2.78. The van der Waals surface area contributed by atoms with Crippen LogP contribution < -0.4 is 10.1 Å². The minimum absolute atomic E-state index is 0.123. The number of nitrogens with zero attached hydrogens (tertiary/aromatic N) is 3. The minimum Gasteiger partial charge on any atom is -0.326 e. The van der Waals surface area contributed by atoms with E-state index in [0.29, 0.717) is 29.1 Å². The van der Waals surface area contributed by atoms with E-state index in [9.17, 15) is 18.0 Å². The van der Waals surface area contributed by atoms with Gasteiger partial charge in [0, 0.05) is 37.8 Å². The zero-order chi connectivity index (χ0) is 26.6. The second-order valence-corrected chi connectivity index (χ2v) is 11.3. The van der Waals surface area contributed by atoms with Gasteiger partial charge in [-0.15, -0.1) is 0 Å². The van der Waals surface area contributed by atoms with Gasteiger partial charge in [0.1, 0.15) is 0 Å². The van der Waals surface area contributed by atoms with E-state index in [1.165, 1.54) is 46.8 Å². The molecule has 1 N–H and O–H groups in total. The summed E-state index contributed by atoms with van der Waals surface area (Å²) in [6.07, 6.45) is 0. The van der Waals surface area contributed by atoms with Crippen LogP contribution >= 0.6 is 11.3 Å². The van der Waals surface area contributed by atoms with Crippen molar-refractivity contribution in [2.24, 2.45) is 4.99 Å². The summed E-state index contributed by atoms with van der Waals surface area (Å²) in [6.45, 7) is 6.40. The van der Waals surface area contributed by atoms with E-state index in [4.69, 9.17) is 0 Å². The Morgan fingerprint density at radius 3 is 2.32 bits per heavy atom. The van der Waals surface area contributed by atoms with E-state index in [2.05, 4.69) is 10.3 Å². The van der Waals surface area contributed by atoms with Crippen LogP contribution in [0.5, 0.6) is 0 Å². The number of carbonyl (C=O) groups is 2. The fraction of sp³-hybridized carbons (Fsp3) is 0.222. The van der Waals surface area contributed by atoms with Crippen LogP contribution in [0.3, 0.4) is 0 Å². The molecule has 0 unspecified atom stereocenters. The number of hydrogen-bond donors (Lipinski definition) is 1. The predicted octanol–water partition coefficient (Wildman–Crippen LogP) is 4.63. The second-order valence-electron chi connectivity index (χ2n) is 8.35. The van der Waals surface area contributed by atoms with Crippen LogP contribution in [0.25, 0.3) is 10.2 Å². The third-order valence-electron chi connectivity index (χ3n) is 5.81. The van der Waals surface area contributed by atoms with Gasteiger partial charge in [0.2, 0.25) is 15.9 Å². The summed E-state index contributed by atoms with van der Waals surface area (Å²) in [5, 5.41) is 2.76. The lowest BCUT2D eigenvalue weighted by atomic mass is 10.2. The molecule has 10 heteroatoms. The summed E-state index contributed by atoms with van der Waals surface area (Å²) in [4.78, 5) is 29.3. The Morgan fingerprint density at radius 2 is 1.70 bits per heavy atom. The maximum absolute atomic E-state index is 13.2. The highest BCUT2D eigenvalue weighted by Gasteiger charge is 2.23. The Bertz CT molecular complexity index is 1610. The van der Waals surface area contributed by atoms with Gasteiger partial charge in [-0.05, 0) is 55.0 Å². The largest absolute Gasteiger partial charge is 0.326 e. The maximum Gasteiger partial charge on any atom is 0.279 e. The molecule has 0 saturated heterocycles. The molecule has 0 bridgehead atoms. The summed E-state index contributed by atoms with van der Waals surface area (Å²) < 4.78 is 30.6. The topological polar surface area (TPSA) is 101 Å². The van der Waals surface area contributed by atoms with Crippen molar-refractivity contribution in [2.75, 3.05) is 11.9 Å². The average Bonchev–Trinajstić information content (AvgIpc) is 3.23. The van der Waals surface area contributed by atoms with E-state index < -0.39 is 15.9 Å². The molecule has 1 heterocycles. The molecule has 2 amide bonds. The third kappa shape index (κ3) is 5.87. The number of sulfonamides is 1. The molecule has 0 spiro atoms. The van der Waals surface area contributed by atoms with E-state index in [1.54, 1.807) is 6.92 Å². The van der Waals surface area contributed by atoms with Crippen molar-refractivity contribution in [3.8, 4) is 0 Å². The van der Waals surface area contributed by atoms with Gasteiger partial charge in [-0.25, -0.2) is 8.42 Å². The summed E-state index contributed by atoms with van der Waals surface area (Å²) in [5.74, 6) is -0.622. The van der Waals surface area contributed by atoms with Crippen LogP contribution in [-0.2, 0) is 27.9 Å². The molecule has 1 aromatic heterocycles. The number of rotatable bonds is 8. The standard InChI is InChI=1S/C27H28N4O4S2/c1-4-30(18-20-9-7-6-8-10-20)37(34,35)23-14-11-21(12-15-23)26(33)29-27-31(5-2)24-16-13-22(28-19(3)32)17-25(24)36-27/h6-17H,4-5,18H2,1-3H3,(H,28,32). The number of aryl methyl sites for hydroxylation is 1. The van der Waals surface area contributed by atoms with Gasteiger partial charge in [0.15, 0.2) is 4.80 Å². The van der Waals surface area contributed by atoms with Crippen LogP contribution in [0, 0.1) is 0 Å². The Balaban J connectivity index is 1.60. The molecule has 8 nitrogen and oxygen atoms in total. The molecule has 0 fully saturated rings. The molecule has 4 aromatic rings. The fourth-order valence-electron chi connectivity index (χ4n) is 3.97. The Kier molecular flexibility index (Phi) is 8.01. The van der Waals surface area contributed by atoms with Crippen molar-refractivity contribution in [2.45, 2.75) is 38.8 Å². The number of amides is 2. The highest BCUT2D eigenvalue weighted by molar-refractivity contribution is 7.89. The number of aromatic nitrogens is 1. The van der Waals surface area contributed by atoms with Crippen molar-refractivity contribution in [3.05, 3.63) is 88.7 Å². The van der Waals surface area contributed by atoms with Gasteiger partial charge in [0.05, 0.1) is 15.1 Å². The lowest BCUT2D eigenvalue weighted by molar-refractivity contribution is -0.114. The molecular formula is C27H28N4O4S2. The maximum atomic E-state index is 13.2. The van der Waals surface area contributed by atoms with Crippen LogP contribution in [0.15, 0.2) is 82.7 Å². The summed E-state index contributed by atoms with van der Waals surface area (Å²) in [6, 6.07) is 20.8. The number of thiazole rings is 1. The van der Waals surface area contributed by atoms with Gasteiger partial charge < -0.3 is 9.88 Å².